The van der Waals surface area contributed by atoms with Gasteiger partial charge in [-0.25, -0.2) is 0 Å². The molecular weight excluding hydrogens is 459 g/mol. The molecule has 0 aliphatic rings. The number of rotatable bonds is 9. The van der Waals surface area contributed by atoms with Crippen molar-refractivity contribution in [1.82, 2.24) is 0 Å². The van der Waals surface area contributed by atoms with Crippen LogP contribution in [0, 0.1) is 0 Å². The van der Waals surface area contributed by atoms with Gasteiger partial charge in [-0.05, 0) is 35.4 Å². The van der Waals surface area contributed by atoms with Crippen LogP contribution in [-0.2, 0) is 4.57 Å². The summed E-state index contributed by atoms with van der Waals surface area (Å²) in [5, 5.41) is 0. The minimum Gasteiger partial charge on any atom is -0.780 e. The average molecular weight is 476 g/mol. The van der Waals surface area contributed by atoms with Gasteiger partial charge in [0, 0.05) is 0 Å². The Morgan fingerprint density at radius 1 is 0.839 bits per heavy atom. The van der Waals surface area contributed by atoms with Crippen molar-refractivity contribution in [2.75, 3.05) is 21.3 Å². The van der Waals surface area contributed by atoms with Gasteiger partial charge < -0.3 is 37.8 Å². The first kappa shape index (κ1) is 30.2. The molecular formula is C18H17F2Na2O8P. The maximum absolute atomic E-state index is 12.5. The first-order valence-corrected chi connectivity index (χ1v) is 9.41. The zero-order valence-electron chi connectivity index (χ0n) is 17.6. The molecule has 0 unspecified atom stereocenters. The van der Waals surface area contributed by atoms with E-state index in [1.165, 1.54) is 33.5 Å². The van der Waals surface area contributed by atoms with Crippen molar-refractivity contribution >= 4 is 20.0 Å². The van der Waals surface area contributed by atoms with E-state index in [0.717, 1.165) is 12.1 Å². The third-order valence-electron chi connectivity index (χ3n) is 3.55. The van der Waals surface area contributed by atoms with E-state index in [9.17, 15) is 23.1 Å². The zero-order chi connectivity index (χ0) is 21.6. The van der Waals surface area contributed by atoms with E-state index < -0.39 is 25.9 Å². The Kier molecular flexibility index (Phi) is 13.3. The van der Waals surface area contributed by atoms with Crippen LogP contribution in [0.25, 0.3) is 12.2 Å². The molecule has 0 heterocycles. The molecule has 0 aliphatic carbocycles. The Bertz CT molecular complexity index is 912. The van der Waals surface area contributed by atoms with Gasteiger partial charge in [0.25, 0.3) is 0 Å². The van der Waals surface area contributed by atoms with E-state index >= 15 is 0 Å². The summed E-state index contributed by atoms with van der Waals surface area (Å²) < 4.78 is 59.9. The SMILES string of the molecule is COc1cc(/C=C\c2ccc(OC(F)F)c(OP(=O)([O-])[O-])c2)cc(OC)c1OC.[Na+].[Na+]. The van der Waals surface area contributed by atoms with Crippen LogP contribution in [0.5, 0.6) is 28.7 Å². The third kappa shape index (κ3) is 9.29. The van der Waals surface area contributed by atoms with Crippen LogP contribution in [0.15, 0.2) is 30.3 Å². The number of benzene rings is 2. The number of halogens is 2. The molecule has 0 aromatic heterocycles. The number of ether oxygens (including phenoxy) is 4. The van der Waals surface area contributed by atoms with E-state index in [0.29, 0.717) is 28.4 Å². The van der Waals surface area contributed by atoms with Crippen LogP contribution < -0.4 is 92.4 Å². The van der Waals surface area contributed by atoms with E-state index in [1.54, 1.807) is 18.2 Å². The van der Waals surface area contributed by atoms with Crippen LogP contribution in [0.2, 0.25) is 0 Å². The van der Waals surface area contributed by atoms with Gasteiger partial charge in [0.15, 0.2) is 23.0 Å². The van der Waals surface area contributed by atoms with Gasteiger partial charge in [-0.1, -0.05) is 18.2 Å². The maximum Gasteiger partial charge on any atom is 1.00 e. The van der Waals surface area contributed by atoms with Gasteiger partial charge in [0.1, 0.15) is 7.82 Å². The molecule has 31 heavy (non-hydrogen) atoms. The Hall–Kier alpha value is -0.810. The van der Waals surface area contributed by atoms with Gasteiger partial charge in [-0.3, -0.25) is 0 Å². The summed E-state index contributed by atoms with van der Waals surface area (Å²) in [6.07, 6.45) is 3.14. The van der Waals surface area contributed by atoms with Crippen molar-refractivity contribution in [3.8, 4) is 28.7 Å². The van der Waals surface area contributed by atoms with E-state index in [1.807, 2.05) is 0 Å². The number of phosphoric acid groups is 1. The number of alkyl halides is 2. The monoisotopic (exact) mass is 476 g/mol. The summed E-state index contributed by atoms with van der Waals surface area (Å²) >= 11 is 0. The summed E-state index contributed by atoms with van der Waals surface area (Å²) in [6.45, 7) is -3.23. The van der Waals surface area contributed by atoms with Crippen molar-refractivity contribution in [1.29, 1.82) is 0 Å². The Balaban J connectivity index is 0.00000450. The van der Waals surface area contributed by atoms with Crippen molar-refractivity contribution in [3.63, 3.8) is 0 Å². The quantitative estimate of drug-likeness (QED) is 0.211. The van der Waals surface area contributed by atoms with E-state index in [4.69, 9.17) is 14.2 Å². The van der Waals surface area contributed by atoms with Crippen molar-refractivity contribution in [2.45, 2.75) is 6.61 Å². The van der Waals surface area contributed by atoms with Crippen LogP contribution in [0.3, 0.4) is 0 Å². The first-order valence-electron chi connectivity index (χ1n) is 7.95. The molecule has 8 nitrogen and oxygen atoms in total. The molecule has 13 heteroatoms. The summed E-state index contributed by atoms with van der Waals surface area (Å²) in [6, 6.07) is 6.83. The van der Waals surface area contributed by atoms with Crippen molar-refractivity contribution in [3.05, 3.63) is 41.5 Å². The molecule has 0 fully saturated rings. The van der Waals surface area contributed by atoms with E-state index in [2.05, 4.69) is 9.26 Å². The third-order valence-corrected chi connectivity index (χ3v) is 3.97. The summed E-state index contributed by atoms with van der Waals surface area (Å²) in [5.41, 5.74) is 0.983. The van der Waals surface area contributed by atoms with Crippen LogP contribution >= 0.6 is 7.82 Å². The summed E-state index contributed by atoms with van der Waals surface area (Å²) in [4.78, 5) is 21.8. The minimum absolute atomic E-state index is 0. The average Bonchev–Trinajstić information content (AvgIpc) is 2.65. The molecule has 2 aromatic rings. The second kappa shape index (κ2) is 13.7. The molecule has 0 atom stereocenters. The molecule has 2 rings (SSSR count). The van der Waals surface area contributed by atoms with Gasteiger partial charge in [0.2, 0.25) is 5.75 Å². The van der Waals surface area contributed by atoms with Crippen LogP contribution in [-0.4, -0.2) is 27.9 Å². The van der Waals surface area contributed by atoms with Crippen molar-refractivity contribution < 1.29 is 106 Å². The summed E-state index contributed by atoms with van der Waals surface area (Å²) in [5.74, 6) is -0.00905. The zero-order valence-corrected chi connectivity index (χ0v) is 22.5. The second-order valence-corrected chi connectivity index (χ2v) is 6.49. The van der Waals surface area contributed by atoms with Gasteiger partial charge in [-0.2, -0.15) is 8.78 Å². The fourth-order valence-corrected chi connectivity index (χ4v) is 2.79. The largest absolute Gasteiger partial charge is 1.00 e. The number of hydrogen-bond acceptors (Lipinski definition) is 8. The van der Waals surface area contributed by atoms with Crippen molar-refractivity contribution in [2.24, 2.45) is 0 Å². The second-order valence-electron chi connectivity index (χ2n) is 5.42. The molecule has 2 aromatic carbocycles. The van der Waals surface area contributed by atoms with Gasteiger partial charge in [-0.15, -0.1) is 0 Å². The molecule has 0 bridgehead atoms. The molecule has 0 aliphatic heterocycles. The Morgan fingerprint density at radius 3 is 1.81 bits per heavy atom. The normalized spacial score (nSPS) is 10.8. The maximum atomic E-state index is 12.5. The molecule has 0 spiro atoms. The minimum atomic E-state index is -5.48. The Labute approximate surface area is 222 Å². The number of phosphoric ester groups is 1. The standard InChI is InChI=1S/C18H19F2O8P.2Na/c1-24-15-9-12(10-16(25-2)17(15)26-3)5-4-11-6-7-13(27-18(19)20)14(8-11)28-29(21,22)23;;/h4-10,18H,1-3H3,(H2,21,22,23);;/q;2*+1/p-2/b5-4-;;. The predicted octanol–water partition coefficient (Wildman–Crippen LogP) is -3.30. The summed E-state index contributed by atoms with van der Waals surface area (Å²) in [7, 11) is -1.10. The number of hydrogen-bond donors (Lipinski definition) is 0. The molecule has 0 radical (unpaired) electrons. The fraction of sp³-hybridized carbons (Fsp3) is 0.222. The van der Waals surface area contributed by atoms with E-state index in [-0.39, 0.29) is 59.1 Å². The molecule has 0 saturated carbocycles. The van der Waals surface area contributed by atoms with Crippen LogP contribution in [0.1, 0.15) is 11.1 Å². The fourth-order valence-electron chi connectivity index (χ4n) is 2.40. The molecule has 0 amide bonds. The predicted molar refractivity (Wildman–Crippen MR) is 96.3 cm³/mol. The molecule has 158 valence electrons. The molecule has 0 saturated heterocycles. The van der Waals surface area contributed by atoms with Crippen LogP contribution in [0.4, 0.5) is 8.78 Å². The van der Waals surface area contributed by atoms with Gasteiger partial charge in [0.05, 0.1) is 21.3 Å². The topological polar surface area (TPSA) is 109 Å². The molecule has 0 N–H and O–H groups in total. The first-order chi connectivity index (χ1) is 13.7. The van der Waals surface area contributed by atoms with Gasteiger partial charge >= 0.3 is 65.7 Å². The number of methoxy groups -OCH3 is 3. The smallest absolute Gasteiger partial charge is 0.780 e. The Morgan fingerprint density at radius 2 is 1.35 bits per heavy atom.